The third kappa shape index (κ3) is 5.58. The Balaban J connectivity index is 1.71. The first-order valence-electron chi connectivity index (χ1n) is 10.1. The zero-order valence-corrected chi connectivity index (χ0v) is 19.0. The van der Waals surface area contributed by atoms with Crippen LogP contribution in [0.25, 0.3) is 0 Å². The first-order chi connectivity index (χ1) is 15.5. The van der Waals surface area contributed by atoms with E-state index in [0.29, 0.717) is 24.0 Å². The van der Waals surface area contributed by atoms with Crippen molar-refractivity contribution in [2.45, 2.75) is 41.8 Å². The zero-order chi connectivity index (χ0) is 23.8. The molecule has 1 atom stereocenters. The van der Waals surface area contributed by atoms with E-state index in [9.17, 15) is 29.7 Å². The van der Waals surface area contributed by atoms with Crippen molar-refractivity contribution < 1.29 is 29.7 Å². The highest BCUT2D eigenvalue weighted by Gasteiger charge is 2.21. The van der Waals surface area contributed by atoms with E-state index in [1.807, 2.05) is 23.1 Å². The Hall–Kier alpha value is -2.82. The Kier molecular flexibility index (Phi) is 6.26. The van der Waals surface area contributed by atoms with Gasteiger partial charge in [-0.2, -0.15) is 16.8 Å². The molecule has 1 N–H and O–H groups in total. The lowest BCUT2D eigenvalue weighted by Gasteiger charge is -2.26. The lowest BCUT2D eigenvalue weighted by Crippen LogP contribution is -2.22. The Morgan fingerprint density at radius 3 is 1.79 bits per heavy atom. The minimum atomic E-state index is -4.88. The van der Waals surface area contributed by atoms with Gasteiger partial charge in [0, 0.05) is 18.8 Å². The summed E-state index contributed by atoms with van der Waals surface area (Å²) in [4.78, 5) is 0.934. The number of aliphatic hydroxyl groups is 1. The number of aliphatic hydroxyl groups excluding tert-OH is 1. The van der Waals surface area contributed by atoms with Gasteiger partial charge in [-0.05, 0) is 71.5 Å². The van der Waals surface area contributed by atoms with Crippen molar-refractivity contribution in [3.8, 4) is 0 Å². The topological polar surface area (TPSA) is 91.8 Å². The monoisotopic (exact) mass is 493 g/mol. The first-order valence-corrected chi connectivity index (χ1v) is 12.9. The molecule has 0 aliphatic heterocycles. The van der Waals surface area contributed by atoms with E-state index >= 15 is 0 Å². The van der Waals surface area contributed by atoms with E-state index < -0.39 is 36.3 Å². The Morgan fingerprint density at radius 1 is 0.758 bits per heavy atom. The van der Waals surface area contributed by atoms with E-state index in [-0.39, 0.29) is 13.1 Å². The first kappa shape index (κ1) is 23.3. The van der Waals surface area contributed by atoms with Crippen LogP contribution in [0.15, 0.2) is 76.5 Å². The molecule has 0 saturated heterocycles. The summed E-state index contributed by atoms with van der Waals surface area (Å²) in [7, 11) is -9.75. The highest BCUT2D eigenvalue weighted by atomic mass is 32.3. The fraction of sp³-hybridized carbons (Fsp3) is 0.217. The molecule has 174 valence electrons. The molecule has 0 aromatic heterocycles. The van der Waals surface area contributed by atoms with Crippen molar-refractivity contribution in [3.63, 3.8) is 0 Å². The summed E-state index contributed by atoms with van der Waals surface area (Å²) < 4.78 is 72.3. The summed E-state index contributed by atoms with van der Waals surface area (Å²) in [5, 5.41) is 9.97. The SMILES string of the molecule is O=S(=O)(F)c1cccc(CN(Cc2cccc(S(=O)(=O)F)c2)c2ccc3c(c2)CC(O)C3)c1. The van der Waals surface area contributed by atoms with Crippen molar-refractivity contribution in [1.82, 2.24) is 0 Å². The third-order valence-corrected chi connectivity index (χ3v) is 7.21. The number of rotatable bonds is 7. The molecule has 0 bridgehead atoms. The zero-order valence-electron chi connectivity index (χ0n) is 17.4. The van der Waals surface area contributed by atoms with Crippen LogP contribution in [0, 0.1) is 0 Å². The lowest BCUT2D eigenvalue weighted by molar-refractivity contribution is 0.187. The number of halogens is 2. The lowest BCUT2D eigenvalue weighted by atomic mass is 10.1. The van der Waals surface area contributed by atoms with Gasteiger partial charge in [-0.3, -0.25) is 0 Å². The molecule has 6 nitrogen and oxygen atoms in total. The van der Waals surface area contributed by atoms with Crippen molar-refractivity contribution in [1.29, 1.82) is 0 Å². The van der Waals surface area contributed by atoms with Crippen LogP contribution in [0.5, 0.6) is 0 Å². The molecule has 3 aromatic carbocycles. The van der Waals surface area contributed by atoms with E-state index in [1.54, 1.807) is 12.1 Å². The van der Waals surface area contributed by atoms with Crippen molar-refractivity contribution in [2.24, 2.45) is 0 Å². The van der Waals surface area contributed by atoms with Crippen LogP contribution in [0.2, 0.25) is 0 Å². The minimum absolute atomic E-state index is 0.178. The van der Waals surface area contributed by atoms with Crippen LogP contribution < -0.4 is 4.90 Å². The van der Waals surface area contributed by atoms with Crippen LogP contribution in [-0.2, 0) is 46.4 Å². The average Bonchev–Trinajstić information content (AvgIpc) is 3.12. The minimum Gasteiger partial charge on any atom is -0.392 e. The second-order valence-corrected chi connectivity index (χ2v) is 10.7. The van der Waals surface area contributed by atoms with Crippen molar-refractivity contribution in [2.75, 3.05) is 4.90 Å². The molecule has 0 amide bonds. The summed E-state index contributed by atoms with van der Waals surface area (Å²) in [6.45, 7) is 0.356. The molecule has 0 radical (unpaired) electrons. The van der Waals surface area contributed by atoms with E-state index in [2.05, 4.69) is 0 Å². The summed E-state index contributed by atoms with van der Waals surface area (Å²) in [6.07, 6.45) is 0.603. The molecule has 1 unspecified atom stereocenters. The number of anilines is 1. The molecule has 10 heteroatoms. The van der Waals surface area contributed by atoms with E-state index in [0.717, 1.165) is 28.9 Å². The molecule has 33 heavy (non-hydrogen) atoms. The summed E-state index contributed by atoms with van der Waals surface area (Å²) in [5.74, 6) is 0. The molecular weight excluding hydrogens is 472 g/mol. The molecular formula is C23H21F2NO5S2. The van der Waals surface area contributed by atoms with Crippen molar-refractivity contribution in [3.05, 3.63) is 89.0 Å². The summed E-state index contributed by atoms with van der Waals surface area (Å²) in [5.41, 5.74) is 3.78. The molecule has 0 saturated carbocycles. The van der Waals surface area contributed by atoms with Gasteiger partial charge < -0.3 is 10.0 Å². The van der Waals surface area contributed by atoms with Crippen LogP contribution in [0.3, 0.4) is 0 Å². The molecule has 1 aliphatic rings. The van der Waals surface area contributed by atoms with E-state index in [1.165, 1.54) is 24.3 Å². The largest absolute Gasteiger partial charge is 0.392 e. The number of fused-ring (bicyclic) bond motifs is 1. The second-order valence-electron chi connectivity index (χ2n) is 8.04. The van der Waals surface area contributed by atoms with Gasteiger partial charge in [0.05, 0.1) is 15.9 Å². The van der Waals surface area contributed by atoms with Gasteiger partial charge in [-0.25, -0.2) is 0 Å². The van der Waals surface area contributed by atoms with Crippen LogP contribution in [-0.4, -0.2) is 28.0 Å². The number of hydrogen-bond acceptors (Lipinski definition) is 6. The third-order valence-electron chi connectivity index (χ3n) is 5.57. The van der Waals surface area contributed by atoms with Gasteiger partial charge in [0.15, 0.2) is 0 Å². The Morgan fingerprint density at radius 2 is 1.27 bits per heavy atom. The van der Waals surface area contributed by atoms with Crippen LogP contribution in [0.4, 0.5) is 13.5 Å². The van der Waals surface area contributed by atoms with Gasteiger partial charge >= 0.3 is 20.4 Å². The number of nitrogens with zero attached hydrogens (tertiary/aromatic N) is 1. The predicted molar refractivity (Wildman–Crippen MR) is 119 cm³/mol. The number of benzene rings is 3. The maximum atomic E-state index is 13.5. The molecule has 3 aromatic rings. The summed E-state index contributed by atoms with van der Waals surface area (Å²) in [6, 6.07) is 16.7. The Bertz CT molecular complexity index is 1330. The van der Waals surface area contributed by atoms with Crippen molar-refractivity contribution >= 4 is 26.1 Å². The standard InChI is InChI=1S/C23H21F2NO5S2/c24-32(28,29)22-5-1-3-16(9-22)14-26(15-17-4-2-6-23(10-17)33(25,30)31)20-8-7-18-12-21(27)13-19(18)11-20/h1-11,21,27H,12-15H2. The van der Waals surface area contributed by atoms with E-state index in [4.69, 9.17) is 0 Å². The van der Waals surface area contributed by atoms with Gasteiger partial charge in [0.2, 0.25) is 0 Å². The normalized spacial score (nSPS) is 15.9. The quantitative estimate of drug-likeness (QED) is 0.505. The highest BCUT2D eigenvalue weighted by Crippen LogP contribution is 2.29. The molecule has 0 fully saturated rings. The molecule has 4 rings (SSSR count). The van der Waals surface area contributed by atoms with Crippen LogP contribution >= 0.6 is 0 Å². The van der Waals surface area contributed by atoms with Gasteiger partial charge in [0.25, 0.3) is 0 Å². The maximum absolute atomic E-state index is 13.5. The second kappa shape index (κ2) is 8.85. The molecule has 0 heterocycles. The van der Waals surface area contributed by atoms with Gasteiger partial charge in [-0.15, -0.1) is 7.77 Å². The smallest absolute Gasteiger partial charge is 0.332 e. The Labute approximate surface area is 191 Å². The maximum Gasteiger partial charge on any atom is 0.332 e. The van der Waals surface area contributed by atoms with Gasteiger partial charge in [0.1, 0.15) is 0 Å². The molecule has 0 spiro atoms. The number of hydrogen-bond donors (Lipinski definition) is 1. The highest BCUT2D eigenvalue weighted by molar-refractivity contribution is 7.86. The van der Waals surface area contributed by atoms with Gasteiger partial charge in [-0.1, -0.05) is 30.3 Å². The average molecular weight is 494 g/mol. The predicted octanol–water partition coefficient (Wildman–Crippen LogP) is 3.67. The molecule has 1 aliphatic carbocycles. The summed E-state index contributed by atoms with van der Waals surface area (Å²) >= 11 is 0. The fourth-order valence-electron chi connectivity index (χ4n) is 4.05. The van der Waals surface area contributed by atoms with Crippen LogP contribution in [0.1, 0.15) is 22.3 Å². The fourth-order valence-corrected chi connectivity index (χ4v) is 5.11.